The molecule has 128 valence electrons. The van der Waals surface area contributed by atoms with Crippen LogP contribution < -0.4 is 5.32 Å². The average Bonchev–Trinajstić information content (AvgIpc) is 2.82. The van der Waals surface area contributed by atoms with E-state index in [0.717, 1.165) is 27.0 Å². The lowest BCUT2D eigenvalue weighted by Gasteiger charge is -2.07. The standard InChI is InChI=1S/C19H19BrN4O/c1-12-8-9-21-17(10-12)22-19(25)16-6-4-15(5-7-16)11-24-14(3)18(20)13(2)23-24/h4-10H,11H2,1-3H3,(H,21,22,25). The topological polar surface area (TPSA) is 59.8 Å². The Hall–Kier alpha value is -2.47. The number of nitrogens with one attached hydrogen (secondary N) is 1. The number of rotatable bonds is 4. The van der Waals surface area contributed by atoms with E-state index >= 15 is 0 Å². The molecule has 0 radical (unpaired) electrons. The molecule has 6 heteroatoms. The van der Waals surface area contributed by atoms with Crippen molar-refractivity contribution in [1.82, 2.24) is 14.8 Å². The van der Waals surface area contributed by atoms with Crippen LogP contribution in [0, 0.1) is 20.8 Å². The molecular weight excluding hydrogens is 380 g/mol. The van der Waals surface area contributed by atoms with Crippen LogP contribution in [0.5, 0.6) is 0 Å². The van der Waals surface area contributed by atoms with E-state index in [-0.39, 0.29) is 5.91 Å². The smallest absolute Gasteiger partial charge is 0.256 e. The lowest BCUT2D eigenvalue weighted by molar-refractivity contribution is 0.102. The number of aryl methyl sites for hydroxylation is 2. The van der Waals surface area contributed by atoms with Gasteiger partial charge in [-0.25, -0.2) is 4.98 Å². The molecule has 1 N–H and O–H groups in total. The van der Waals surface area contributed by atoms with Gasteiger partial charge in [0.05, 0.1) is 22.4 Å². The van der Waals surface area contributed by atoms with Gasteiger partial charge in [-0.1, -0.05) is 12.1 Å². The minimum atomic E-state index is -0.168. The molecule has 3 rings (SSSR count). The molecule has 1 amide bonds. The minimum absolute atomic E-state index is 0.168. The third kappa shape index (κ3) is 3.96. The van der Waals surface area contributed by atoms with E-state index in [0.29, 0.717) is 17.9 Å². The second kappa shape index (κ2) is 7.19. The highest BCUT2D eigenvalue weighted by Gasteiger charge is 2.10. The van der Waals surface area contributed by atoms with Crippen molar-refractivity contribution >= 4 is 27.7 Å². The van der Waals surface area contributed by atoms with Crippen LogP contribution in [0.2, 0.25) is 0 Å². The second-order valence-corrected chi connectivity index (χ2v) is 6.80. The van der Waals surface area contributed by atoms with Gasteiger partial charge in [0.25, 0.3) is 5.91 Å². The van der Waals surface area contributed by atoms with Crippen molar-refractivity contribution in [2.24, 2.45) is 0 Å². The number of benzene rings is 1. The molecular formula is C19H19BrN4O. The molecule has 0 aliphatic heterocycles. The SMILES string of the molecule is Cc1ccnc(NC(=O)c2ccc(Cn3nc(C)c(Br)c3C)cc2)c1. The summed E-state index contributed by atoms with van der Waals surface area (Å²) in [6.45, 7) is 6.63. The first-order chi connectivity index (χ1) is 11.9. The predicted molar refractivity (Wildman–Crippen MR) is 102 cm³/mol. The molecule has 0 saturated heterocycles. The zero-order valence-corrected chi connectivity index (χ0v) is 16.0. The summed E-state index contributed by atoms with van der Waals surface area (Å²) < 4.78 is 2.99. The zero-order valence-electron chi connectivity index (χ0n) is 14.4. The molecule has 0 spiro atoms. The summed E-state index contributed by atoms with van der Waals surface area (Å²) in [6, 6.07) is 11.3. The molecule has 1 aromatic carbocycles. The number of aromatic nitrogens is 3. The number of halogens is 1. The highest BCUT2D eigenvalue weighted by Crippen LogP contribution is 2.20. The maximum Gasteiger partial charge on any atom is 0.256 e. The number of carbonyl (C=O) groups excluding carboxylic acids is 1. The summed E-state index contributed by atoms with van der Waals surface area (Å²) in [6.07, 6.45) is 1.68. The van der Waals surface area contributed by atoms with Gasteiger partial charge in [-0.3, -0.25) is 9.48 Å². The quantitative estimate of drug-likeness (QED) is 0.713. The van der Waals surface area contributed by atoms with Crippen molar-refractivity contribution in [3.05, 3.63) is 75.1 Å². The highest BCUT2D eigenvalue weighted by molar-refractivity contribution is 9.10. The van der Waals surface area contributed by atoms with Crippen LogP contribution in [0.25, 0.3) is 0 Å². The Labute approximate surface area is 155 Å². The summed E-state index contributed by atoms with van der Waals surface area (Å²) in [4.78, 5) is 16.5. The van der Waals surface area contributed by atoms with E-state index in [2.05, 4.69) is 31.3 Å². The molecule has 0 aliphatic carbocycles. The average molecular weight is 399 g/mol. The minimum Gasteiger partial charge on any atom is -0.307 e. The van der Waals surface area contributed by atoms with Crippen LogP contribution in [-0.2, 0) is 6.54 Å². The first-order valence-corrected chi connectivity index (χ1v) is 8.76. The Kier molecular flexibility index (Phi) is 4.99. The van der Waals surface area contributed by atoms with Gasteiger partial charge in [-0.05, 0) is 72.1 Å². The Morgan fingerprint density at radius 3 is 2.48 bits per heavy atom. The highest BCUT2D eigenvalue weighted by atomic mass is 79.9. The number of carbonyl (C=O) groups is 1. The molecule has 3 aromatic rings. The van der Waals surface area contributed by atoms with Gasteiger partial charge in [0, 0.05) is 11.8 Å². The molecule has 2 heterocycles. The van der Waals surface area contributed by atoms with Crippen LogP contribution in [0.15, 0.2) is 47.1 Å². The second-order valence-electron chi connectivity index (χ2n) is 6.01. The predicted octanol–water partition coefficient (Wildman–Crippen LogP) is 4.27. The Balaban J connectivity index is 1.71. The first-order valence-electron chi connectivity index (χ1n) is 7.96. The van der Waals surface area contributed by atoms with E-state index in [4.69, 9.17) is 0 Å². The molecule has 0 unspecified atom stereocenters. The van der Waals surface area contributed by atoms with Crippen LogP contribution in [0.3, 0.4) is 0 Å². The van der Waals surface area contributed by atoms with Crippen LogP contribution >= 0.6 is 15.9 Å². The normalized spacial score (nSPS) is 10.7. The van der Waals surface area contributed by atoms with Crippen LogP contribution in [0.4, 0.5) is 5.82 Å². The van der Waals surface area contributed by atoms with E-state index in [1.54, 1.807) is 6.20 Å². The zero-order chi connectivity index (χ0) is 18.0. The number of amides is 1. The Morgan fingerprint density at radius 2 is 1.88 bits per heavy atom. The van der Waals surface area contributed by atoms with Crippen LogP contribution in [-0.4, -0.2) is 20.7 Å². The van der Waals surface area contributed by atoms with Crippen molar-refractivity contribution in [2.75, 3.05) is 5.32 Å². The lowest BCUT2D eigenvalue weighted by atomic mass is 10.1. The molecule has 25 heavy (non-hydrogen) atoms. The van der Waals surface area contributed by atoms with E-state index in [1.165, 1.54) is 0 Å². The summed E-state index contributed by atoms with van der Waals surface area (Å²) in [5.74, 6) is 0.389. The molecule has 0 saturated carbocycles. The van der Waals surface area contributed by atoms with Crippen LogP contribution in [0.1, 0.15) is 32.9 Å². The third-order valence-corrected chi connectivity index (χ3v) is 5.15. The molecule has 0 bridgehead atoms. The van der Waals surface area contributed by atoms with Gasteiger partial charge in [0.1, 0.15) is 5.82 Å². The van der Waals surface area contributed by atoms with Crippen molar-refractivity contribution < 1.29 is 4.79 Å². The van der Waals surface area contributed by atoms with Crippen molar-refractivity contribution in [2.45, 2.75) is 27.3 Å². The maximum absolute atomic E-state index is 12.3. The summed E-state index contributed by atoms with van der Waals surface area (Å²) in [5.41, 5.74) is 4.80. The van der Waals surface area contributed by atoms with Crippen molar-refractivity contribution in [1.29, 1.82) is 0 Å². The van der Waals surface area contributed by atoms with Gasteiger partial charge in [-0.15, -0.1) is 0 Å². The fourth-order valence-corrected chi connectivity index (χ4v) is 2.84. The number of anilines is 1. The fraction of sp³-hybridized carbons (Fsp3) is 0.211. The molecule has 0 fully saturated rings. The van der Waals surface area contributed by atoms with Crippen molar-refractivity contribution in [3.63, 3.8) is 0 Å². The molecule has 0 atom stereocenters. The summed E-state index contributed by atoms with van der Waals surface area (Å²) in [7, 11) is 0. The van der Waals surface area contributed by atoms with E-state index in [1.807, 2.05) is 61.9 Å². The number of pyridine rings is 1. The van der Waals surface area contributed by atoms with Crippen molar-refractivity contribution in [3.8, 4) is 0 Å². The van der Waals surface area contributed by atoms with Gasteiger partial charge in [-0.2, -0.15) is 5.10 Å². The number of hydrogen-bond donors (Lipinski definition) is 1. The van der Waals surface area contributed by atoms with E-state index < -0.39 is 0 Å². The largest absolute Gasteiger partial charge is 0.307 e. The van der Waals surface area contributed by atoms with Gasteiger partial charge < -0.3 is 5.32 Å². The summed E-state index contributed by atoms with van der Waals surface area (Å²) >= 11 is 3.54. The van der Waals surface area contributed by atoms with Gasteiger partial charge >= 0.3 is 0 Å². The van der Waals surface area contributed by atoms with Gasteiger partial charge in [0.2, 0.25) is 0 Å². The van der Waals surface area contributed by atoms with E-state index in [9.17, 15) is 4.79 Å². The molecule has 2 aromatic heterocycles. The van der Waals surface area contributed by atoms with Gasteiger partial charge in [0.15, 0.2) is 0 Å². The first kappa shape index (κ1) is 17.4. The Morgan fingerprint density at radius 1 is 1.16 bits per heavy atom. The molecule has 5 nitrogen and oxygen atoms in total. The maximum atomic E-state index is 12.3. The third-order valence-electron chi connectivity index (χ3n) is 4.00. The fourth-order valence-electron chi connectivity index (χ4n) is 2.56. The summed E-state index contributed by atoms with van der Waals surface area (Å²) in [5, 5.41) is 7.32. The lowest BCUT2D eigenvalue weighted by Crippen LogP contribution is -2.13. The number of hydrogen-bond acceptors (Lipinski definition) is 3. The Bertz CT molecular complexity index is 916. The molecule has 0 aliphatic rings. The monoisotopic (exact) mass is 398 g/mol. The number of nitrogens with zero attached hydrogens (tertiary/aromatic N) is 3.